The Morgan fingerprint density at radius 3 is 2.11 bits per heavy atom. The van der Waals surface area contributed by atoms with E-state index in [-0.39, 0.29) is 5.69 Å². The van der Waals surface area contributed by atoms with Crippen LogP contribution in [-0.2, 0) is 13.2 Å². The number of hydrogen-bond donors (Lipinski definition) is 0. The molecule has 0 aliphatic rings. The van der Waals surface area contributed by atoms with Crippen molar-refractivity contribution in [3.63, 3.8) is 0 Å². The van der Waals surface area contributed by atoms with E-state index in [1.807, 2.05) is 59.2 Å². The second-order valence-corrected chi connectivity index (χ2v) is 7.40. The van der Waals surface area contributed by atoms with Crippen LogP contribution in [0.4, 0.5) is 0 Å². The Hall–Kier alpha value is -2.53. The van der Waals surface area contributed by atoms with E-state index in [2.05, 4.69) is 32.6 Å². The summed E-state index contributed by atoms with van der Waals surface area (Å²) in [5.74, 6) is 0. The van der Waals surface area contributed by atoms with Crippen molar-refractivity contribution in [2.75, 3.05) is 6.54 Å². The van der Waals surface area contributed by atoms with E-state index in [0.717, 1.165) is 23.1 Å². The van der Waals surface area contributed by atoms with Crippen molar-refractivity contribution in [1.29, 1.82) is 0 Å². The molecule has 3 rings (SSSR count). The zero-order chi connectivity index (χ0) is 19.4. The maximum absolute atomic E-state index is 13.0. The molecular weight excluding hydrogens is 338 g/mol. The summed E-state index contributed by atoms with van der Waals surface area (Å²) in [6.45, 7) is 10.6. The van der Waals surface area contributed by atoms with Gasteiger partial charge in [-0.25, -0.2) is 4.79 Å². The van der Waals surface area contributed by atoms with Crippen LogP contribution in [0.2, 0.25) is 0 Å². The van der Waals surface area contributed by atoms with Gasteiger partial charge in [-0.1, -0.05) is 42.5 Å². The van der Waals surface area contributed by atoms with Crippen molar-refractivity contribution in [3.8, 4) is 0 Å². The van der Waals surface area contributed by atoms with Crippen LogP contribution < -0.4 is 10.5 Å². The summed E-state index contributed by atoms with van der Waals surface area (Å²) in [6, 6.07) is 18.6. The van der Waals surface area contributed by atoms with Gasteiger partial charge in [0.1, 0.15) is 12.1 Å². The van der Waals surface area contributed by atoms with E-state index in [1.54, 1.807) is 0 Å². The van der Waals surface area contributed by atoms with Crippen LogP contribution in [0.25, 0.3) is 11.0 Å². The van der Waals surface area contributed by atoms with Gasteiger partial charge in [-0.15, -0.1) is 4.73 Å². The highest BCUT2D eigenvalue weighted by molar-refractivity contribution is 5.75. The topological polar surface area (TPSA) is 39.4 Å². The first kappa shape index (κ1) is 19.2. The Kier molecular flexibility index (Phi) is 6.01. The molecule has 0 atom stereocenters. The highest BCUT2D eigenvalue weighted by Crippen LogP contribution is 2.13. The predicted molar refractivity (Wildman–Crippen MR) is 110 cm³/mol. The molecule has 0 spiro atoms. The molecule has 2 aromatic carbocycles. The average Bonchev–Trinajstić information content (AvgIpc) is 2.92. The summed E-state index contributed by atoms with van der Waals surface area (Å²) >= 11 is 0. The van der Waals surface area contributed by atoms with Crippen molar-refractivity contribution in [2.24, 2.45) is 0 Å². The number of benzene rings is 2. The minimum Gasteiger partial charge on any atom is -0.404 e. The molecule has 5 heteroatoms. The zero-order valence-corrected chi connectivity index (χ0v) is 16.6. The third kappa shape index (κ3) is 4.25. The van der Waals surface area contributed by atoms with Gasteiger partial charge in [-0.05, 0) is 45.4 Å². The van der Waals surface area contributed by atoms with Gasteiger partial charge in [0.2, 0.25) is 0 Å². The van der Waals surface area contributed by atoms with E-state index in [9.17, 15) is 4.79 Å². The number of hydrogen-bond acceptors (Lipinski definition) is 3. The Balaban J connectivity index is 1.88. The standard InChI is InChI=1S/C22H29N3O2/c1-17(2)23(18(3)4)14-15-24-20-12-8-9-13-21(20)25(22(24)26)27-16-19-10-6-5-7-11-19/h5-13,17-18H,14-16H2,1-4H3. The monoisotopic (exact) mass is 367 g/mol. The van der Waals surface area contributed by atoms with Crippen LogP contribution in [-0.4, -0.2) is 32.8 Å². The highest BCUT2D eigenvalue weighted by Gasteiger charge is 2.17. The summed E-state index contributed by atoms with van der Waals surface area (Å²) < 4.78 is 3.25. The summed E-state index contributed by atoms with van der Waals surface area (Å²) in [5, 5.41) is 0. The van der Waals surface area contributed by atoms with E-state index < -0.39 is 0 Å². The van der Waals surface area contributed by atoms with E-state index in [4.69, 9.17) is 4.84 Å². The van der Waals surface area contributed by atoms with Crippen molar-refractivity contribution >= 4 is 11.0 Å². The lowest BCUT2D eigenvalue weighted by atomic mass is 10.2. The smallest absolute Gasteiger partial charge is 0.362 e. The second kappa shape index (κ2) is 8.44. The molecule has 0 radical (unpaired) electrons. The molecular formula is C22H29N3O2. The van der Waals surface area contributed by atoms with E-state index in [1.165, 1.54) is 4.73 Å². The molecule has 0 amide bonds. The third-order valence-electron chi connectivity index (χ3n) is 4.91. The van der Waals surface area contributed by atoms with Crippen LogP contribution in [0.15, 0.2) is 59.4 Å². The molecule has 3 aromatic rings. The Bertz CT molecular complexity index is 918. The molecule has 0 N–H and O–H groups in total. The minimum atomic E-state index is -0.125. The number of fused-ring (bicyclic) bond motifs is 1. The number of imidazole rings is 1. The van der Waals surface area contributed by atoms with Gasteiger partial charge < -0.3 is 4.84 Å². The lowest BCUT2D eigenvalue weighted by Crippen LogP contribution is -2.40. The van der Waals surface area contributed by atoms with E-state index in [0.29, 0.717) is 25.2 Å². The summed E-state index contributed by atoms with van der Waals surface area (Å²) in [6.07, 6.45) is 0. The van der Waals surface area contributed by atoms with Crippen LogP contribution >= 0.6 is 0 Å². The van der Waals surface area contributed by atoms with Crippen LogP contribution in [0.3, 0.4) is 0 Å². The zero-order valence-electron chi connectivity index (χ0n) is 16.6. The largest absolute Gasteiger partial charge is 0.404 e. The first-order valence-electron chi connectivity index (χ1n) is 9.62. The lowest BCUT2D eigenvalue weighted by molar-refractivity contribution is 0.0958. The van der Waals surface area contributed by atoms with Crippen molar-refractivity contribution < 1.29 is 4.84 Å². The molecule has 0 unspecified atom stereocenters. The Morgan fingerprint density at radius 1 is 0.889 bits per heavy atom. The molecule has 1 aromatic heterocycles. The second-order valence-electron chi connectivity index (χ2n) is 7.40. The number of nitrogens with zero attached hydrogens (tertiary/aromatic N) is 3. The number of aromatic nitrogens is 2. The van der Waals surface area contributed by atoms with Gasteiger partial charge in [0.15, 0.2) is 0 Å². The predicted octanol–water partition coefficient (Wildman–Crippen LogP) is 3.55. The maximum Gasteiger partial charge on any atom is 0.362 e. The van der Waals surface area contributed by atoms with Crippen LogP contribution in [0, 0.1) is 0 Å². The molecule has 0 aliphatic heterocycles. The molecule has 144 valence electrons. The fraction of sp³-hybridized carbons (Fsp3) is 0.409. The SMILES string of the molecule is CC(C)N(CCn1c(=O)n(OCc2ccccc2)c2ccccc21)C(C)C. The van der Waals surface area contributed by atoms with Crippen molar-refractivity contribution in [1.82, 2.24) is 14.2 Å². The van der Waals surface area contributed by atoms with Crippen molar-refractivity contribution in [2.45, 2.75) is 52.9 Å². The van der Waals surface area contributed by atoms with Gasteiger partial charge in [-0.2, -0.15) is 0 Å². The molecule has 0 aliphatic carbocycles. The molecule has 0 bridgehead atoms. The van der Waals surface area contributed by atoms with Gasteiger partial charge in [-0.3, -0.25) is 9.47 Å². The lowest BCUT2D eigenvalue weighted by Gasteiger charge is -2.30. The fourth-order valence-electron chi connectivity index (χ4n) is 3.56. The van der Waals surface area contributed by atoms with Gasteiger partial charge in [0.25, 0.3) is 0 Å². The van der Waals surface area contributed by atoms with Gasteiger partial charge in [0, 0.05) is 25.2 Å². The van der Waals surface area contributed by atoms with Crippen molar-refractivity contribution in [3.05, 3.63) is 70.6 Å². The van der Waals surface area contributed by atoms with Gasteiger partial charge >= 0.3 is 5.69 Å². The summed E-state index contributed by atoms with van der Waals surface area (Å²) in [5.41, 5.74) is 2.62. The molecule has 1 heterocycles. The Morgan fingerprint density at radius 2 is 1.48 bits per heavy atom. The first-order chi connectivity index (χ1) is 13.0. The molecule has 5 nitrogen and oxygen atoms in total. The normalized spacial score (nSPS) is 11.8. The van der Waals surface area contributed by atoms with Crippen LogP contribution in [0.5, 0.6) is 0 Å². The molecule has 0 fully saturated rings. The summed E-state index contributed by atoms with van der Waals surface area (Å²) in [7, 11) is 0. The molecule has 27 heavy (non-hydrogen) atoms. The Labute approximate surface area is 160 Å². The number of para-hydroxylation sites is 2. The average molecular weight is 367 g/mol. The third-order valence-corrected chi connectivity index (χ3v) is 4.91. The molecule has 0 saturated carbocycles. The maximum atomic E-state index is 13.0. The quantitative estimate of drug-likeness (QED) is 0.611. The van der Waals surface area contributed by atoms with Gasteiger partial charge in [0.05, 0.1) is 5.52 Å². The van der Waals surface area contributed by atoms with E-state index >= 15 is 0 Å². The number of rotatable bonds is 8. The van der Waals surface area contributed by atoms with Crippen LogP contribution in [0.1, 0.15) is 33.3 Å². The summed E-state index contributed by atoms with van der Waals surface area (Å²) in [4.78, 5) is 21.3. The first-order valence-corrected chi connectivity index (χ1v) is 9.62. The minimum absolute atomic E-state index is 0.125. The molecule has 0 saturated heterocycles. The fourth-order valence-corrected chi connectivity index (χ4v) is 3.56. The highest BCUT2D eigenvalue weighted by atomic mass is 16.7.